The maximum atomic E-state index is 9.25. The summed E-state index contributed by atoms with van der Waals surface area (Å²) in [6, 6.07) is 0. The van der Waals surface area contributed by atoms with Gasteiger partial charge in [-0.15, -0.1) is 0 Å². The predicted octanol–water partition coefficient (Wildman–Crippen LogP) is 1.80. The predicted molar refractivity (Wildman–Crippen MR) is 64.8 cm³/mol. The van der Waals surface area contributed by atoms with Crippen LogP contribution in [-0.4, -0.2) is 33.2 Å². The van der Waals surface area contributed by atoms with Gasteiger partial charge in [-0.05, 0) is 0 Å². The van der Waals surface area contributed by atoms with E-state index in [4.69, 9.17) is 15.3 Å². The van der Waals surface area contributed by atoms with E-state index >= 15 is 0 Å². The van der Waals surface area contributed by atoms with Crippen LogP contribution in [0, 0.1) is 0 Å². The quantitative estimate of drug-likeness (QED) is 0.654. The lowest BCUT2D eigenvalue weighted by atomic mass is 10.7. The van der Waals surface area contributed by atoms with Crippen LogP contribution in [0.3, 0.4) is 0 Å². The average molecular weight is 246 g/mol. The second-order valence-electron chi connectivity index (χ2n) is 1.63. The van der Waals surface area contributed by atoms with Crippen molar-refractivity contribution in [1.82, 2.24) is 0 Å². The minimum absolute atomic E-state index is 0.833. The molecule has 6 nitrogen and oxygen atoms in total. The second-order valence-corrected chi connectivity index (χ2v) is 1.63. The lowest BCUT2D eigenvalue weighted by Gasteiger charge is -1.64. The Labute approximate surface area is 100 Å². The van der Waals surface area contributed by atoms with Crippen molar-refractivity contribution in [1.29, 1.82) is 0 Å². The molecule has 98 valence electrons. The Kier molecular flexibility index (Phi) is 33.2. The van der Waals surface area contributed by atoms with Crippen LogP contribution in [-0.2, 0) is 14.4 Å². The third-order valence-corrected chi connectivity index (χ3v) is 0.524. The molecule has 0 aromatic carbocycles. The molecule has 0 unspecified atom stereocenters. The molecule has 0 fully saturated rings. The number of aliphatic carboxylic acids is 3. The highest BCUT2D eigenvalue weighted by Crippen LogP contribution is 1.55. The van der Waals surface area contributed by atoms with Crippen LogP contribution >= 0.6 is 0 Å². The second kappa shape index (κ2) is 23.4. The first kappa shape index (κ1) is 24.1. The average Bonchev–Trinajstić information content (AvgIpc) is 2.32. The minimum Gasteiger partial charge on any atom is -0.478 e. The number of hydrogen-bond acceptors (Lipinski definition) is 3. The monoisotopic (exact) mass is 246 g/mol. The summed E-state index contributed by atoms with van der Waals surface area (Å²) in [5, 5.41) is 22.8. The van der Waals surface area contributed by atoms with Crippen molar-refractivity contribution in [2.45, 2.75) is 13.8 Å². The Balaban J connectivity index is -0.0000000693. The highest BCUT2D eigenvalue weighted by molar-refractivity contribution is 5.79. The molecule has 0 aromatic heterocycles. The first-order valence-corrected chi connectivity index (χ1v) is 4.37. The van der Waals surface area contributed by atoms with Gasteiger partial charge in [-0.2, -0.15) is 0 Å². The molecule has 6 heteroatoms. The Hall–Kier alpha value is -2.37. The van der Waals surface area contributed by atoms with E-state index in [2.05, 4.69) is 19.7 Å². The highest BCUT2D eigenvalue weighted by atomic mass is 16.4. The number of carboxylic acids is 3. The van der Waals surface area contributed by atoms with Gasteiger partial charge >= 0.3 is 17.9 Å². The van der Waals surface area contributed by atoms with Crippen LogP contribution in [0.2, 0.25) is 0 Å². The molecule has 0 aromatic rings. The molecule has 0 aliphatic carbocycles. The molecule has 0 heterocycles. The molecule has 3 N–H and O–H groups in total. The van der Waals surface area contributed by atoms with Gasteiger partial charge in [0.1, 0.15) is 0 Å². The van der Waals surface area contributed by atoms with Gasteiger partial charge in [0, 0.05) is 18.2 Å². The molecule has 0 rings (SSSR count). The highest BCUT2D eigenvalue weighted by Gasteiger charge is 1.74. The smallest absolute Gasteiger partial charge is 0.327 e. The summed E-state index contributed by atoms with van der Waals surface area (Å²) in [6.45, 7) is 12.9. The lowest BCUT2D eigenvalue weighted by molar-refractivity contribution is -0.132. The van der Waals surface area contributed by atoms with E-state index in [9.17, 15) is 14.4 Å². The molecule has 0 radical (unpaired) electrons. The molecule has 0 atom stereocenters. The Bertz CT molecular complexity index is 212. The zero-order chi connectivity index (χ0) is 14.9. The molecule has 0 amide bonds. The summed E-state index contributed by atoms with van der Waals surface area (Å²) >= 11 is 0. The van der Waals surface area contributed by atoms with Gasteiger partial charge in [0.15, 0.2) is 0 Å². The molecule has 0 saturated carbocycles. The van der Waals surface area contributed by atoms with Crippen LogP contribution in [0.1, 0.15) is 13.8 Å². The van der Waals surface area contributed by atoms with E-state index < -0.39 is 17.9 Å². The third-order valence-electron chi connectivity index (χ3n) is 0.524. The zero-order valence-corrected chi connectivity index (χ0v) is 9.92. The van der Waals surface area contributed by atoms with E-state index in [-0.39, 0.29) is 0 Å². The molecule has 0 spiro atoms. The summed E-state index contributed by atoms with van der Waals surface area (Å²) < 4.78 is 0. The van der Waals surface area contributed by atoms with Crippen molar-refractivity contribution in [3.8, 4) is 0 Å². The maximum absolute atomic E-state index is 9.25. The maximum Gasteiger partial charge on any atom is 0.327 e. The van der Waals surface area contributed by atoms with Crippen molar-refractivity contribution in [2.75, 3.05) is 0 Å². The fraction of sp³-hybridized carbons (Fsp3) is 0.182. The van der Waals surface area contributed by atoms with Gasteiger partial charge < -0.3 is 15.3 Å². The summed E-state index contributed by atoms with van der Waals surface area (Å²) in [6.07, 6.45) is 2.50. The van der Waals surface area contributed by atoms with Crippen LogP contribution in [0.25, 0.3) is 0 Å². The largest absolute Gasteiger partial charge is 0.478 e. The van der Waals surface area contributed by atoms with Crippen molar-refractivity contribution in [3.05, 3.63) is 38.0 Å². The van der Waals surface area contributed by atoms with Crippen molar-refractivity contribution in [3.63, 3.8) is 0 Å². The Morgan fingerprint density at radius 2 is 0.765 bits per heavy atom. The standard InChI is InChI=1S/3C3H4O2.C2H6/c3*1-2-3(4)5;1-2/h3*2H,1H2,(H,4,5);1-2H3. The van der Waals surface area contributed by atoms with Crippen molar-refractivity contribution in [2.24, 2.45) is 0 Å². The minimum atomic E-state index is -0.981. The summed E-state index contributed by atoms with van der Waals surface area (Å²) in [5.41, 5.74) is 0. The number of rotatable bonds is 3. The fourth-order valence-electron chi connectivity index (χ4n) is 0. The van der Waals surface area contributed by atoms with Crippen LogP contribution in [0.5, 0.6) is 0 Å². The van der Waals surface area contributed by atoms with Gasteiger partial charge in [0.05, 0.1) is 0 Å². The Morgan fingerprint density at radius 1 is 0.706 bits per heavy atom. The summed E-state index contributed by atoms with van der Waals surface area (Å²) in [4.78, 5) is 27.8. The fourth-order valence-corrected chi connectivity index (χ4v) is 0. The van der Waals surface area contributed by atoms with Crippen molar-refractivity contribution >= 4 is 17.9 Å². The van der Waals surface area contributed by atoms with E-state index in [0.29, 0.717) is 0 Å². The number of hydrogen-bond donors (Lipinski definition) is 3. The number of carboxylic acid groups (broad SMARTS) is 3. The zero-order valence-electron chi connectivity index (χ0n) is 9.92. The van der Waals surface area contributed by atoms with Gasteiger partial charge in [-0.3, -0.25) is 0 Å². The third kappa shape index (κ3) is 140. The lowest BCUT2D eigenvalue weighted by Crippen LogP contribution is -1.82. The molecule has 0 saturated heterocycles. The molecule has 0 aliphatic rings. The van der Waals surface area contributed by atoms with E-state index in [1.54, 1.807) is 0 Å². The van der Waals surface area contributed by atoms with Crippen LogP contribution in [0.15, 0.2) is 38.0 Å². The summed E-state index contributed by atoms with van der Waals surface area (Å²) in [7, 11) is 0. The first-order valence-electron chi connectivity index (χ1n) is 4.37. The SMILES string of the molecule is C=CC(=O)O.C=CC(=O)O.C=CC(=O)O.CC. The molecule has 0 bridgehead atoms. The van der Waals surface area contributed by atoms with E-state index in [1.165, 1.54) is 0 Å². The molecular weight excluding hydrogens is 228 g/mol. The topological polar surface area (TPSA) is 112 Å². The van der Waals surface area contributed by atoms with Gasteiger partial charge in [0.25, 0.3) is 0 Å². The molecular formula is C11H18O6. The van der Waals surface area contributed by atoms with Gasteiger partial charge in [-0.1, -0.05) is 33.6 Å². The van der Waals surface area contributed by atoms with Crippen molar-refractivity contribution < 1.29 is 29.7 Å². The normalized spacial score (nSPS) is 6.00. The van der Waals surface area contributed by atoms with Gasteiger partial charge in [0.2, 0.25) is 0 Å². The van der Waals surface area contributed by atoms with E-state index in [0.717, 1.165) is 18.2 Å². The van der Waals surface area contributed by atoms with E-state index in [1.807, 2.05) is 13.8 Å². The molecule has 17 heavy (non-hydrogen) atoms. The van der Waals surface area contributed by atoms with Crippen LogP contribution in [0.4, 0.5) is 0 Å². The summed E-state index contributed by atoms with van der Waals surface area (Å²) in [5.74, 6) is -2.94. The van der Waals surface area contributed by atoms with Crippen LogP contribution < -0.4 is 0 Å². The molecule has 0 aliphatic heterocycles. The first-order chi connectivity index (χ1) is 7.81. The Morgan fingerprint density at radius 3 is 0.765 bits per heavy atom. The van der Waals surface area contributed by atoms with Gasteiger partial charge in [-0.25, -0.2) is 14.4 Å². The number of carbonyl (C=O) groups is 3.